The first-order valence-corrected chi connectivity index (χ1v) is 3.59. The average molecular weight is 151 g/mol. The molecule has 0 radical (unpaired) electrons. The monoisotopic (exact) mass is 151 g/mol. The summed E-state index contributed by atoms with van der Waals surface area (Å²) in [5.41, 5.74) is 13.3. The van der Waals surface area contributed by atoms with E-state index in [-0.39, 0.29) is 6.04 Å². The third-order valence-electron chi connectivity index (χ3n) is 1.58. The van der Waals surface area contributed by atoms with Crippen molar-refractivity contribution in [1.29, 1.82) is 0 Å². The van der Waals surface area contributed by atoms with E-state index in [0.29, 0.717) is 5.82 Å². The molecule has 0 saturated carbocycles. The first kappa shape index (κ1) is 8.01. The Bertz CT molecular complexity index is 256. The number of anilines is 1. The van der Waals surface area contributed by atoms with Crippen molar-refractivity contribution in [3.05, 3.63) is 23.4 Å². The zero-order valence-corrected chi connectivity index (χ0v) is 6.83. The predicted octanol–water partition coefficient (Wildman–Crippen LogP) is 0.992. The van der Waals surface area contributed by atoms with Gasteiger partial charge in [0.25, 0.3) is 0 Å². The summed E-state index contributed by atoms with van der Waals surface area (Å²) in [4.78, 5) is 4.00. The van der Waals surface area contributed by atoms with Crippen molar-refractivity contribution in [2.45, 2.75) is 19.9 Å². The molecule has 0 aromatic carbocycles. The van der Waals surface area contributed by atoms with Crippen molar-refractivity contribution in [2.24, 2.45) is 5.73 Å². The average Bonchev–Trinajstić information content (AvgIpc) is 1.94. The van der Waals surface area contributed by atoms with Gasteiger partial charge in [-0.2, -0.15) is 0 Å². The van der Waals surface area contributed by atoms with Gasteiger partial charge >= 0.3 is 0 Å². The van der Waals surface area contributed by atoms with E-state index < -0.39 is 0 Å². The van der Waals surface area contributed by atoms with Gasteiger partial charge in [-0.3, -0.25) is 0 Å². The lowest BCUT2D eigenvalue weighted by molar-refractivity contribution is 0.814. The van der Waals surface area contributed by atoms with Gasteiger partial charge in [-0.1, -0.05) is 0 Å². The van der Waals surface area contributed by atoms with Crippen molar-refractivity contribution in [1.82, 2.24) is 4.98 Å². The number of nitrogens with zero attached hydrogens (tertiary/aromatic N) is 1. The summed E-state index contributed by atoms with van der Waals surface area (Å²) in [6.45, 7) is 3.87. The third-order valence-corrected chi connectivity index (χ3v) is 1.58. The molecule has 0 bridgehead atoms. The minimum Gasteiger partial charge on any atom is -0.383 e. The second-order valence-electron chi connectivity index (χ2n) is 2.78. The van der Waals surface area contributed by atoms with Gasteiger partial charge in [0.1, 0.15) is 5.82 Å². The molecular weight excluding hydrogens is 138 g/mol. The van der Waals surface area contributed by atoms with Gasteiger partial charge in [0.05, 0.1) is 0 Å². The number of aromatic nitrogens is 1. The lowest BCUT2D eigenvalue weighted by atomic mass is 10.1. The number of hydrogen-bond acceptors (Lipinski definition) is 3. The molecular formula is C8H13N3. The Morgan fingerprint density at radius 1 is 1.55 bits per heavy atom. The number of nitrogens with two attached hydrogens (primary N) is 2. The molecule has 0 amide bonds. The fraction of sp³-hybridized carbons (Fsp3) is 0.375. The van der Waals surface area contributed by atoms with Gasteiger partial charge in [-0.05, 0) is 25.5 Å². The molecule has 0 saturated heterocycles. The van der Waals surface area contributed by atoms with Crippen LogP contribution in [0.2, 0.25) is 0 Å². The van der Waals surface area contributed by atoms with Crippen LogP contribution in [0.1, 0.15) is 24.1 Å². The smallest absolute Gasteiger partial charge is 0.128 e. The first-order valence-electron chi connectivity index (χ1n) is 3.59. The van der Waals surface area contributed by atoms with Crippen molar-refractivity contribution in [3.8, 4) is 0 Å². The van der Waals surface area contributed by atoms with Gasteiger partial charge in [0, 0.05) is 17.8 Å². The predicted molar refractivity (Wildman–Crippen MR) is 46.0 cm³/mol. The summed E-state index contributed by atoms with van der Waals surface area (Å²) < 4.78 is 0. The Morgan fingerprint density at radius 3 is 2.64 bits per heavy atom. The molecule has 60 valence electrons. The van der Waals surface area contributed by atoms with Crippen LogP contribution in [0.25, 0.3) is 0 Å². The number of pyridine rings is 1. The Morgan fingerprint density at radius 2 is 2.18 bits per heavy atom. The van der Waals surface area contributed by atoms with Crippen LogP contribution in [0.5, 0.6) is 0 Å². The summed E-state index contributed by atoms with van der Waals surface area (Å²) in [6, 6.07) is 1.93. The van der Waals surface area contributed by atoms with E-state index in [1.54, 1.807) is 6.20 Å². The molecule has 1 unspecified atom stereocenters. The van der Waals surface area contributed by atoms with E-state index in [4.69, 9.17) is 11.5 Å². The van der Waals surface area contributed by atoms with Crippen LogP contribution >= 0.6 is 0 Å². The molecule has 0 aliphatic heterocycles. The van der Waals surface area contributed by atoms with Crippen LogP contribution in [0.15, 0.2) is 12.3 Å². The third kappa shape index (κ3) is 1.68. The van der Waals surface area contributed by atoms with Crippen molar-refractivity contribution < 1.29 is 0 Å². The fourth-order valence-corrected chi connectivity index (χ4v) is 0.967. The normalized spacial score (nSPS) is 13.0. The number of hydrogen-bond donors (Lipinski definition) is 2. The Labute approximate surface area is 66.4 Å². The largest absolute Gasteiger partial charge is 0.383 e. The lowest BCUT2D eigenvalue weighted by Crippen LogP contribution is -2.09. The molecule has 1 aromatic heterocycles. The highest BCUT2D eigenvalue weighted by Crippen LogP contribution is 2.16. The lowest BCUT2D eigenvalue weighted by Gasteiger charge is -2.08. The molecule has 3 nitrogen and oxygen atoms in total. The zero-order valence-electron chi connectivity index (χ0n) is 6.83. The Hall–Kier alpha value is -1.09. The highest BCUT2D eigenvalue weighted by atomic mass is 14.8. The second-order valence-corrected chi connectivity index (χ2v) is 2.78. The minimum absolute atomic E-state index is 0.0394. The summed E-state index contributed by atoms with van der Waals surface area (Å²) in [5, 5.41) is 0. The molecule has 0 aliphatic rings. The van der Waals surface area contributed by atoms with Gasteiger partial charge < -0.3 is 11.5 Å². The van der Waals surface area contributed by atoms with E-state index in [1.807, 2.05) is 19.9 Å². The van der Waals surface area contributed by atoms with E-state index >= 15 is 0 Å². The first-order chi connectivity index (χ1) is 5.11. The molecule has 1 heterocycles. The molecule has 0 aliphatic carbocycles. The van der Waals surface area contributed by atoms with Crippen LogP contribution in [-0.2, 0) is 0 Å². The van der Waals surface area contributed by atoms with Crippen LogP contribution in [-0.4, -0.2) is 4.98 Å². The van der Waals surface area contributed by atoms with Crippen molar-refractivity contribution in [2.75, 3.05) is 5.73 Å². The van der Waals surface area contributed by atoms with Gasteiger partial charge in [0.15, 0.2) is 0 Å². The summed E-state index contributed by atoms with van der Waals surface area (Å²) in [7, 11) is 0. The summed E-state index contributed by atoms with van der Waals surface area (Å²) in [5.74, 6) is 0.533. The summed E-state index contributed by atoms with van der Waals surface area (Å²) >= 11 is 0. The van der Waals surface area contributed by atoms with E-state index in [1.165, 1.54) is 0 Å². The maximum absolute atomic E-state index is 5.66. The Kier molecular flexibility index (Phi) is 2.10. The van der Waals surface area contributed by atoms with Crippen molar-refractivity contribution >= 4 is 5.82 Å². The highest BCUT2D eigenvalue weighted by molar-refractivity contribution is 5.42. The number of nitrogen functional groups attached to an aromatic ring is 1. The van der Waals surface area contributed by atoms with E-state index in [0.717, 1.165) is 11.1 Å². The molecule has 1 aromatic rings. The van der Waals surface area contributed by atoms with Crippen LogP contribution < -0.4 is 11.5 Å². The molecule has 1 atom stereocenters. The standard InChI is InChI=1S/C8H13N3/c1-5-3-7(6(2)9)8(10)11-4-5/h3-4,6H,9H2,1-2H3,(H2,10,11). The van der Waals surface area contributed by atoms with Crippen molar-refractivity contribution in [3.63, 3.8) is 0 Å². The fourth-order valence-electron chi connectivity index (χ4n) is 0.967. The van der Waals surface area contributed by atoms with E-state index in [9.17, 15) is 0 Å². The second kappa shape index (κ2) is 2.88. The SMILES string of the molecule is Cc1cnc(N)c(C(C)N)c1. The Balaban J connectivity index is 3.13. The van der Waals surface area contributed by atoms with Crippen LogP contribution in [0.4, 0.5) is 5.82 Å². The molecule has 11 heavy (non-hydrogen) atoms. The summed E-state index contributed by atoms with van der Waals surface area (Å²) in [6.07, 6.45) is 1.74. The van der Waals surface area contributed by atoms with Gasteiger partial charge in [-0.15, -0.1) is 0 Å². The number of rotatable bonds is 1. The highest BCUT2D eigenvalue weighted by Gasteiger charge is 2.04. The van der Waals surface area contributed by atoms with Gasteiger partial charge in [0.2, 0.25) is 0 Å². The molecule has 0 spiro atoms. The molecule has 0 fully saturated rings. The molecule has 4 N–H and O–H groups in total. The zero-order chi connectivity index (χ0) is 8.43. The molecule has 1 rings (SSSR count). The maximum Gasteiger partial charge on any atom is 0.128 e. The quantitative estimate of drug-likeness (QED) is 0.629. The van der Waals surface area contributed by atoms with Crippen LogP contribution in [0.3, 0.4) is 0 Å². The molecule has 3 heteroatoms. The van der Waals surface area contributed by atoms with E-state index in [2.05, 4.69) is 4.98 Å². The van der Waals surface area contributed by atoms with Crippen LogP contribution in [0, 0.1) is 6.92 Å². The maximum atomic E-state index is 5.66. The minimum atomic E-state index is -0.0394. The number of aryl methyl sites for hydroxylation is 1. The topological polar surface area (TPSA) is 64.9 Å². The van der Waals surface area contributed by atoms with Gasteiger partial charge in [-0.25, -0.2) is 4.98 Å².